The highest BCUT2D eigenvalue weighted by atomic mass is 19.1. The highest BCUT2D eigenvalue weighted by Crippen LogP contribution is 2.39. The van der Waals surface area contributed by atoms with Crippen LogP contribution in [0.3, 0.4) is 0 Å². The van der Waals surface area contributed by atoms with Gasteiger partial charge in [0, 0.05) is 12.0 Å². The average Bonchev–Trinajstić information content (AvgIpc) is 3.16. The van der Waals surface area contributed by atoms with Crippen LogP contribution in [0, 0.1) is 5.82 Å². The fourth-order valence-corrected chi connectivity index (χ4v) is 4.00. The molecule has 0 atom stereocenters. The summed E-state index contributed by atoms with van der Waals surface area (Å²) >= 11 is 0. The van der Waals surface area contributed by atoms with Crippen LogP contribution in [0.15, 0.2) is 78.4 Å². The van der Waals surface area contributed by atoms with E-state index in [-0.39, 0.29) is 12.4 Å². The highest BCUT2D eigenvalue weighted by molar-refractivity contribution is 6.35. The van der Waals surface area contributed by atoms with Crippen molar-refractivity contribution < 1.29 is 28.6 Å². The predicted molar refractivity (Wildman–Crippen MR) is 123 cm³/mol. The van der Waals surface area contributed by atoms with Crippen LogP contribution < -0.4 is 4.74 Å². The Labute approximate surface area is 192 Å². The summed E-state index contributed by atoms with van der Waals surface area (Å²) in [6, 6.07) is 21.4. The van der Waals surface area contributed by atoms with Gasteiger partial charge in [0.05, 0.1) is 18.8 Å². The largest absolute Gasteiger partial charge is 0.493 e. The molecule has 4 rings (SSSR count). The minimum absolute atomic E-state index is 0.223. The molecule has 168 valence electrons. The first-order chi connectivity index (χ1) is 16.0. The molecule has 33 heavy (non-hydrogen) atoms. The molecule has 3 aromatic rings. The second kappa shape index (κ2) is 9.69. The number of nitrogens with zero attached hydrogens (tertiary/aromatic N) is 1. The molecule has 0 bridgehead atoms. The molecule has 0 saturated carbocycles. The van der Waals surface area contributed by atoms with Gasteiger partial charge in [-0.2, -0.15) is 0 Å². The Balaban J connectivity index is 1.69. The number of esters is 1. The van der Waals surface area contributed by atoms with Crippen LogP contribution in [0.2, 0.25) is 0 Å². The molecule has 0 spiro atoms. The van der Waals surface area contributed by atoms with Crippen LogP contribution in [0.25, 0.3) is 5.57 Å². The van der Waals surface area contributed by atoms with E-state index in [1.165, 1.54) is 19.2 Å². The molecule has 5 nitrogen and oxygen atoms in total. The molecule has 6 heteroatoms. The topological polar surface area (TPSA) is 58.8 Å². The Morgan fingerprint density at radius 3 is 2.39 bits per heavy atom. The summed E-state index contributed by atoms with van der Waals surface area (Å²) < 4.78 is 25.3. The first-order valence-electron chi connectivity index (χ1n) is 10.8. The number of carbonyl (C=O) groups excluding carboxylic acids is 1. The van der Waals surface area contributed by atoms with Crippen LogP contribution in [-0.2, 0) is 16.0 Å². The second-order valence-electron chi connectivity index (χ2n) is 7.64. The maximum atomic E-state index is 13.1. The van der Waals surface area contributed by atoms with Gasteiger partial charge in [0.25, 0.3) is 5.71 Å². The molecule has 0 aromatic heterocycles. The third kappa shape index (κ3) is 4.65. The van der Waals surface area contributed by atoms with E-state index in [2.05, 4.69) is 0 Å². The number of benzene rings is 3. The van der Waals surface area contributed by atoms with Gasteiger partial charge >= 0.3 is 5.97 Å². The standard InChI is InChI=1S/C27H25FNO4/c1-3-32-27(30)25-24(19-7-5-4-6-8-19)22-14-13-21(17-23(22)26(25)29(2)31)33-16-15-18-9-11-20(28)12-10-18/h4-14,17,31H,3,15-16H2,1-2H3/q+1. The summed E-state index contributed by atoms with van der Waals surface area (Å²) in [4.78, 5) is 13.0. The Kier molecular flexibility index (Phi) is 6.54. The minimum atomic E-state index is -0.498. The van der Waals surface area contributed by atoms with E-state index in [1.54, 1.807) is 19.1 Å². The van der Waals surface area contributed by atoms with Crippen LogP contribution >= 0.6 is 0 Å². The fourth-order valence-electron chi connectivity index (χ4n) is 4.00. The third-order valence-electron chi connectivity index (χ3n) is 5.44. The zero-order chi connectivity index (χ0) is 23.4. The lowest BCUT2D eigenvalue weighted by Gasteiger charge is -2.09. The molecular weight excluding hydrogens is 421 g/mol. The molecule has 1 N–H and O–H groups in total. The van der Waals surface area contributed by atoms with Crippen molar-refractivity contribution in [3.8, 4) is 5.75 Å². The molecule has 0 unspecified atom stereocenters. The number of rotatable bonds is 7. The van der Waals surface area contributed by atoms with Crippen LogP contribution in [0.1, 0.15) is 29.2 Å². The molecule has 1 aliphatic carbocycles. The lowest BCUT2D eigenvalue weighted by molar-refractivity contribution is -0.753. The van der Waals surface area contributed by atoms with Crippen molar-refractivity contribution in [1.82, 2.24) is 0 Å². The maximum Gasteiger partial charge on any atom is 0.345 e. The normalized spacial score (nSPS) is 14.2. The molecule has 1 aliphatic rings. The zero-order valence-corrected chi connectivity index (χ0v) is 18.5. The Hall–Kier alpha value is -3.93. The van der Waals surface area contributed by atoms with Gasteiger partial charge in [0.1, 0.15) is 17.1 Å². The summed E-state index contributed by atoms with van der Waals surface area (Å²) in [5, 5.41) is 10.5. The van der Waals surface area contributed by atoms with Gasteiger partial charge in [-0.25, -0.2) is 9.18 Å². The van der Waals surface area contributed by atoms with Crippen molar-refractivity contribution in [1.29, 1.82) is 0 Å². The minimum Gasteiger partial charge on any atom is -0.493 e. The number of hydrogen-bond acceptors (Lipinski definition) is 4. The average molecular weight is 446 g/mol. The zero-order valence-electron chi connectivity index (χ0n) is 18.5. The van der Waals surface area contributed by atoms with Crippen molar-refractivity contribution in [2.24, 2.45) is 0 Å². The Morgan fingerprint density at radius 2 is 1.73 bits per heavy atom. The molecule has 3 aromatic carbocycles. The quantitative estimate of drug-likeness (QED) is 0.249. The van der Waals surface area contributed by atoms with Crippen molar-refractivity contribution in [3.05, 3.63) is 106 Å². The van der Waals surface area contributed by atoms with Gasteiger partial charge < -0.3 is 9.47 Å². The summed E-state index contributed by atoms with van der Waals surface area (Å²) in [5.74, 6) is -0.163. The van der Waals surface area contributed by atoms with E-state index in [0.29, 0.717) is 41.2 Å². The van der Waals surface area contributed by atoms with Gasteiger partial charge in [0.15, 0.2) is 7.05 Å². The van der Waals surface area contributed by atoms with Gasteiger partial charge in [-0.3, -0.25) is 5.21 Å². The number of halogens is 1. The lowest BCUT2D eigenvalue weighted by atomic mass is 9.97. The summed E-state index contributed by atoms with van der Waals surface area (Å²) in [5.41, 5.74) is 4.70. The summed E-state index contributed by atoms with van der Waals surface area (Å²) in [6.45, 7) is 2.37. The number of hydrogen-bond donors (Lipinski definition) is 1. The number of ether oxygens (including phenoxy) is 2. The fraction of sp³-hybridized carbons (Fsp3) is 0.185. The summed E-state index contributed by atoms with van der Waals surface area (Å²) in [7, 11) is 1.48. The van der Waals surface area contributed by atoms with Crippen molar-refractivity contribution in [2.75, 3.05) is 20.3 Å². The van der Waals surface area contributed by atoms with E-state index in [4.69, 9.17) is 9.47 Å². The molecule has 0 heterocycles. The van der Waals surface area contributed by atoms with E-state index < -0.39 is 5.97 Å². The Morgan fingerprint density at radius 1 is 1.00 bits per heavy atom. The van der Waals surface area contributed by atoms with Crippen molar-refractivity contribution in [3.63, 3.8) is 0 Å². The molecule has 0 amide bonds. The second-order valence-corrected chi connectivity index (χ2v) is 7.64. The molecular formula is C27H25FNO4+. The third-order valence-corrected chi connectivity index (χ3v) is 5.44. The van der Waals surface area contributed by atoms with Gasteiger partial charge in [-0.15, -0.1) is 0 Å². The number of fused-ring (bicyclic) bond motifs is 1. The highest BCUT2D eigenvalue weighted by Gasteiger charge is 2.40. The van der Waals surface area contributed by atoms with Gasteiger partial charge in [-0.1, -0.05) is 42.5 Å². The number of hydroxylamine groups is 1. The monoisotopic (exact) mass is 446 g/mol. The lowest BCUT2D eigenvalue weighted by Crippen LogP contribution is -2.22. The van der Waals surface area contributed by atoms with Crippen LogP contribution in [-0.4, -0.2) is 41.9 Å². The van der Waals surface area contributed by atoms with Crippen molar-refractivity contribution >= 4 is 17.3 Å². The van der Waals surface area contributed by atoms with Gasteiger partial charge in [0.2, 0.25) is 0 Å². The molecule has 0 saturated heterocycles. The van der Waals surface area contributed by atoms with E-state index in [1.807, 2.05) is 48.5 Å². The van der Waals surface area contributed by atoms with Crippen LogP contribution in [0.5, 0.6) is 5.75 Å². The number of carbonyl (C=O) groups is 1. The van der Waals surface area contributed by atoms with Gasteiger partial charge in [-0.05, 0) is 58.7 Å². The predicted octanol–water partition coefficient (Wildman–Crippen LogP) is 4.65. The SMILES string of the molecule is CCOC(=O)C1=C(c2ccccc2)c2ccc(OCCc3ccc(F)cc3)cc2C1=[N+](C)O. The molecule has 0 aliphatic heterocycles. The molecule has 0 fully saturated rings. The van der Waals surface area contributed by atoms with Crippen LogP contribution in [0.4, 0.5) is 4.39 Å². The van der Waals surface area contributed by atoms with E-state index >= 15 is 0 Å². The maximum absolute atomic E-state index is 13.1. The van der Waals surface area contributed by atoms with E-state index in [9.17, 15) is 14.4 Å². The first kappa shape index (κ1) is 22.3. The smallest absolute Gasteiger partial charge is 0.345 e. The molecule has 0 radical (unpaired) electrons. The first-order valence-corrected chi connectivity index (χ1v) is 10.8. The Bertz CT molecular complexity index is 1230. The summed E-state index contributed by atoms with van der Waals surface area (Å²) in [6.07, 6.45) is 0.620. The van der Waals surface area contributed by atoms with Crippen molar-refractivity contribution in [2.45, 2.75) is 13.3 Å². The van der Waals surface area contributed by atoms with E-state index in [0.717, 1.165) is 21.4 Å².